The van der Waals surface area contributed by atoms with Crippen LogP contribution in [-0.2, 0) is 5.60 Å². The Morgan fingerprint density at radius 3 is 2.42 bits per heavy atom. The molecule has 1 amide bonds. The summed E-state index contributed by atoms with van der Waals surface area (Å²) in [4.78, 5) is 17.2. The summed E-state index contributed by atoms with van der Waals surface area (Å²) in [6, 6.07) is 11.4. The highest BCUT2D eigenvalue weighted by atomic mass is 35.5. The second-order valence-corrected chi connectivity index (χ2v) is 8.09. The average molecular weight is 521 g/mol. The minimum atomic E-state index is -1.95. The Bertz CT molecular complexity index is 1230. The van der Waals surface area contributed by atoms with Crippen LogP contribution in [0, 0.1) is 5.82 Å². The Morgan fingerprint density at radius 1 is 1.06 bits per heavy atom. The number of nitrogens with one attached hydrogen (secondary N) is 1. The van der Waals surface area contributed by atoms with Crippen molar-refractivity contribution in [2.45, 2.75) is 5.60 Å². The van der Waals surface area contributed by atoms with Crippen LogP contribution in [-0.4, -0.2) is 66.8 Å². The number of nitrogens with zero attached hydrogens (tertiary/aromatic N) is 1. The molecular formula is C25H26ClFN2O7. The third-order valence-electron chi connectivity index (χ3n) is 5.33. The van der Waals surface area contributed by atoms with Gasteiger partial charge in [-0.25, -0.2) is 9.37 Å². The standard InChI is InChI=1S/C25H26ClFN2O7/c1-34-20-7-8-22(29-23(20)15-3-5-18(27)17(26)11-15)25(33,14-31)13-28-24(32)16-4-6-19(36-10-9-30)21(12-16)35-2/h3-8,11-12,30-31,33H,9-10,13-14H2,1-2H3,(H,28,32). The van der Waals surface area contributed by atoms with Crippen molar-refractivity contribution in [1.82, 2.24) is 10.3 Å². The van der Waals surface area contributed by atoms with Crippen LogP contribution < -0.4 is 19.5 Å². The van der Waals surface area contributed by atoms with Gasteiger partial charge in [0.15, 0.2) is 11.5 Å². The summed E-state index contributed by atoms with van der Waals surface area (Å²) in [6.07, 6.45) is 0. The van der Waals surface area contributed by atoms with Gasteiger partial charge in [-0.15, -0.1) is 0 Å². The summed E-state index contributed by atoms with van der Waals surface area (Å²) >= 11 is 5.91. The number of benzene rings is 2. The molecule has 3 aromatic rings. The molecule has 2 aromatic carbocycles. The van der Waals surface area contributed by atoms with Crippen molar-refractivity contribution in [2.24, 2.45) is 0 Å². The van der Waals surface area contributed by atoms with Crippen LogP contribution in [0.2, 0.25) is 5.02 Å². The van der Waals surface area contributed by atoms with Crippen LogP contribution in [0.25, 0.3) is 11.3 Å². The molecule has 0 saturated carbocycles. The van der Waals surface area contributed by atoms with Crippen molar-refractivity contribution in [3.05, 3.63) is 70.6 Å². The van der Waals surface area contributed by atoms with E-state index in [-0.39, 0.29) is 47.5 Å². The monoisotopic (exact) mass is 520 g/mol. The number of carbonyl (C=O) groups is 1. The number of carbonyl (C=O) groups excluding carboxylic acids is 1. The molecule has 0 spiro atoms. The van der Waals surface area contributed by atoms with E-state index in [4.69, 9.17) is 30.9 Å². The van der Waals surface area contributed by atoms with Crippen molar-refractivity contribution in [3.63, 3.8) is 0 Å². The highest BCUT2D eigenvalue weighted by Crippen LogP contribution is 2.33. The fourth-order valence-corrected chi connectivity index (χ4v) is 3.54. The molecule has 1 aromatic heterocycles. The first-order valence-electron chi connectivity index (χ1n) is 10.8. The van der Waals surface area contributed by atoms with Gasteiger partial charge < -0.3 is 34.8 Å². The van der Waals surface area contributed by atoms with Crippen LogP contribution in [0.15, 0.2) is 48.5 Å². The minimum absolute atomic E-state index is 0.0480. The number of ether oxygens (including phenoxy) is 3. The van der Waals surface area contributed by atoms with Gasteiger partial charge in [-0.1, -0.05) is 11.6 Å². The molecule has 1 unspecified atom stereocenters. The van der Waals surface area contributed by atoms with E-state index in [9.17, 15) is 19.4 Å². The summed E-state index contributed by atoms with van der Waals surface area (Å²) in [5, 5.41) is 32.5. The molecule has 4 N–H and O–H groups in total. The number of aliphatic hydroxyl groups excluding tert-OH is 2. The minimum Gasteiger partial charge on any atom is -0.494 e. The van der Waals surface area contributed by atoms with Crippen LogP contribution in [0.4, 0.5) is 4.39 Å². The number of halogens is 2. The summed E-state index contributed by atoms with van der Waals surface area (Å²) in [7, 11) is 2.84. The molecule has 192 valence electrons. The molecule has 1 atom stereocenters. The van der Waals surface area contributed by atoms with E-state index >= 15 is 0 Å². The number of hydrogen-bond donors (Lipinski definition) is 4. The third kappa shape index (κ3) is 6.03. The van der Waals surface area contributed by atoms with Gasteiger partial charge in [0.25, 0.3) is 5.91 Å². The molecule has 0 saturated heterocycles. The molecule has 11 heteroatoms. The fraction of sp³-hybridized carbons (Fsp3) is 0.280. The van der Waals surface area contributed by atoms with Crippen molar-refractivity contribution < 1.29 is 38.7 Å². The molecule has 0 fully saturated rings. The lowest BCUT2D eigenvalue weighted by atomic mass is 9.98. The number of hydrogen-bond acceptors (Lipinski definition) is 8. The molecule has 0 radical (unpaired) electrons. The Kier molecular flexibility index (Phi) is 9.05. The van der Waals surface area contributed by atoms with Gasteiger partial charge in [0.2, 0.25) is 0 Å². The molecule has 36 heavy (non-hydrogen) atoms. The van der Waals surface area contributed by atoms with Gasteiger partial charge in [0.05, 0.1) is 44.7 Å². The fourth-order valence-electron chi connectivity index (χ4n) is 3.36. The molecule has 1 heterocycles. The van der Waals surface area contributed by atoms with Crippen LogP contribution in [0.3, 0.4) is 0 Å². The SMILES string of the molecule is COc1cc(C(=O)NCC(O)(CO)c2ccc(OC)c(-c3ccc(F)c(Cl)c3)n2)ccc1OCCO. The molecule has 0 aliphatic carbocycles. The topological polar surface area (TPSA) is 130 Å². The highest BCUT2D eigenvalue weighted by molar-refractivity contribution is 6.31. The number of aliphatic hydroxyl groups is 3. The predicted octanol–water partition coefficient (Wildman–Crippen LogP) is 2.54. The second kappa shape index (κ2) is 12.0. The molecule has 9 nitrogen and oxygen atoms in total. The van der Waals surface area contributed by atoms with Crippen LogP contribution in [0.5, 0.6) is 17.2 Å². The number of pyridine rings is 1. The van der Waals surface area contributed by atoms with E-state index in [1.165, 1.54) is 62.8 Å². The van der Waals surface area contributed by atoms with E-state index in [1.54, 1.807) is 0 Å². The average Bonchev–Trinajstić information content (AvgIpc) is 2.91. The Labute approximate surface area is 212 Å². The van der Waals surface area contributed by atoms with Gasteiger partial charge in [-0.2, -0.15) is 0 Å². The Balaban J connectivity index is 1.84. The normalized spacial score (nSPS) is 12.5. The van der Waals surface area contributed by atoms with E-state index in [0.717, 1.165) is 0 Å². The van der Waals surface area contributed by atoms with Crippen molar-refractivity contribution in [1.29, 1.82) is 0 Å². The number of methoxy groups -OCH3 is 2. The van der Waals surface area contributed by atoms with E-state index in [2.05, 4.69) is 10.3 Å². The van der Waals surface area contributed by atoms with E-state index in [0.29, 0.717) is 17.1 Å². The zero-order valence-corrected chi connectivity index (χ0v) is 20.4. The first-order valence-corrected chi connectivity index (χ1v) is 11.2. The lowest BCUT2D eigenvalue weighted by Crippen LogP contribution is -2.44. The molecular weight excluding hydrogens is 495 g/mol. The number of rotatable bonds is 11. The van der Waals surface area contributed by atoms with Gasteiger partial charge in [-0.3, -0.25) is 4.79 Å². The van der Waals surface area contributed by atoms with Crippen molar-refractivity contribution in [2.75, 3.05) is 40.6 Å². The van der Waals surface area contributed by atoms with Gasteiger partial charge in [0, 0.05) is 11.1 Å². The van der Waals surface area contributed by atoms with Crippen LogP contribution >= 0.6 is 11.6 Å². The van der Waals surface area contributed by atoms with Crippen LogP contribution in [0.1, 0.15) is 16.1 Å². The Morgan fingerprint density at radius 2 is 1.78 bits per heavy atom. The summed E-state index contributed by atoms with van der Waals surface area (Å²) < 4.78 is 29.6. The zero-order valence-electron chi connectivity index (χ0n) is 19.6. The first-order chi connectivity index (χ1) is 17.3. The maximum absolute atomic E-state index is 13.6. The van der Waals surface area contributed by atoms with Gasteiger partial charge in [0.1, 0.15) is 29.5 Å². The quantitative estimate of drug-likeness (QED) is 0.303. The second-order valence-electron chi connectivity index (χ2n) is 7.69. The number of aromatic nitrogens is 1. The zero-order chi connectivity index (χ0) is 26.3. The smallest absolute Gasteiger partial charge is 0.251 e. The molecule has 3 rings (SSSR count). The van der Waals surface area contributed by atoms with Crippen molar-refractivity contribution >= 4 is 17.5 Å². The molecule has 0 bridgehead atoms. The van der Waals surface area contributed by atoms with E-state index in [1.807, 2.05) is 0 Å². The maximum atomic E-state index is 13.6. The van der Waals surface area contributed by atoms with Crippen molar-refractivity contribution in [3.8, 4) is 28.5 Å². The molecule has 0 aliphatic rings. The molecule has 0 aliphatic heterocycles. The summed E-state index contributed by atoms with van der Waals surface area (Å²) in [6.45, 7) is -1.25. The first kappa shape index (κ1) is 27.2. The van der Waals surface area contributed by atoms with E-state index < -0.39 is 23.9 Å². The number of amides is 1. The predicted molar refractivity (Wildman–Crippen MR) is 130 cm³/mol. The Hall–Kier alpha value is -3.44. The van der Waals surface area contributed by atoms with Gasteiger partial charge in [-0.05, 0) is 48.5 Å². The third-order valence-corrected chi connectivity index (χ3v) is 5.62. The largest absolute Gasteiger partial charge is 0.494 e. The maximum Gasteiger partial charge on any atom is 0.251 e. The summed E-state index contributed by atoms with van der Waals surface area (Å²) in [5.74, 6) is -0.178. The lowest BCUT2D eigenvalue weighted by Gasteiger charge is -2.26. The summed E-state index contributed by atoms with van der Waals surface area (Å²) in [5.41, 5.74) is -0.993. The van der Waals surface area contributed by atoms with Gasteiger partial charge >= 0.3 is 0 Å². The highest BCUT2D eigenvalue weighted by Gasteiger charge is 2.32. The lowest BCUT2D eigenvalue weighted by molar-refractivity contribution is -0.0203.